The lowest BCUT2D eigenvalue weighted by Gasteiger charge is -2.32. The number of benzene rings is 1. The van der Waals surface area contributed by atoms with Gasteiger partial charge in [0, 0.05) is 25.2 Å². The largest absolute Gasteiger partial charge is 0.342 e. The van der Waals surface area contributed by atoms with E-state index in [1.807, 2.05) is 42.2 Å². The van der Waals surface area contributed by atoms with E-state index in [-0.39, 0.29) is 17.7 Å². The summed E-state index contributed by atoms with van der Waals surface area (Å²) in [6, 6.07) is 9.46. The number of hydrogen-bond donors (Lipinski definition) is 1. The van der Waals surface area contributed by atoms with Crippen LogP contribution in [0.4, 0.5) is 5.69 Å². The van der Waals surface area contributed by atoms with E-state index in [0.717, 1.165) is 31.5 Å². The predicted octanol–water partition coefficient (Wildman–Crippen LogP) is 2.66. The molecule has 1 fully saturated rings. The molecule has 2 rings (SSSR count). The molecule has 1 aromatic carbocycles. The molecule has 0 radical (unpaired) electrons. The molecule has 4 heteroatoms. The first-order chi connectivity index (χ1) is 9.70. The Morgan fingerprint density at radius 2 is 2.05 bits per heavy atom. The number of amides is 2. The van der Waals surface area contributed by atoms with Crippen LogP contribution in [0.1, 0.15) is 32.6 Å². The number of nitrogens with one attached hydrogen (secondary N) is 1. The zero-order valence-corrected chi connectivity index (χ0v) is 12.0. The molecule has 1 aliphatic heterocycles. The van der Waals surface area contributed by atoms with Crippen LogP contribution in [0.25, 0.3) is 0 Å². The van der Waals surface area contributed by atoms with Crippen LogP contribution in [0.5, 0.6) is 0 Å². The first-order valence-electron chi connectivity index (χ1n) is 7.34. The summed E-state index contributed by atoms with van der Waals surface area (Å²) >= 11 is 0. The number of para-hydroxylation sites is 1. The molecule has 0 unspecified atom stereocenters. The molecule has 0 spiro atoms. The summed E-state index contributed by atoms with van der Waals surface area (Å²) in [5.41, 5.74) is 0.814. The van der Waals surface area contributed by atoms with Gasteiger partial charge in [-0.25, -0.2) is 0 Å². The van der Waals surface area contributed by atoms with Crippen LogP contribution in [0.15, 0.2) is 30.3 Å². The van der Waals surface area contributed by atoms with E-state index in [1.54, 1.807) is 0 Å². The molecule has 0 saturated carbocycles. The second-order valence-electron chi connectivity index (χ2n) is 5.28. The average molecular weight is 274 g/mol. The van der Waals surface area contributed by atoms with E-state index < -0.39 is 0 Å². The van der Waals surface area contributed by atoms with Gasteiger partial charge in [0.25, 0.3) is 0 Å². The number of hydrogen-bond acceptors (Lipinski definition) is 2. The highest BCUT2D eigenvalue weighted by molar-refractivity contribution is 5.93. The maximum atomic E-state index is 12.2. The van der Waals surface area contributed by atoms with Crippen LogP contribution >= 0.6 is 0 Å². The van der Waals surface area contributed by atoms with Gasteiger partial charge in [0.15, 0.2) is 0 Å². The number of rotatable bonds is 4. The SMILES string of the molecule is CCCC(=O)N1CCC[C@@H](C(=O)Nc2ccccc2)C1. The van der Waals surface area contributed by atoms with Crippen LogP contribution in [0.3, 0.4) is 0 Å². The van der Waals surface area contributed by atoms with Crippen molar-refractivity contribution in [1.29, 1.82) is 0 Å². The molecular formula is C16H22N2O2. The fraction of sp³-hybridized carbons (Fsp3) is 0.500. The van der Waals surface area contributed by atoms with E-state index in [2.05, 4.69) is 5.32 Å². The number of carbonyl (C=O) groups is 2. The van der Waals surface area contributed by atoms with Gasteiger partial charge in [-0.3, -0.25) is 9.59 Å². The second kappa shape index (κ2) is 7.08. The molecule has 4 nitrogen and oxygen atoms in total. The molecule has 1 aromatic rings. The van der Waals surface area contributed by atoms with Crippen LogP contribution < -0.4 is 5.32 Å². The highest BCUT2D eigenvalue weighted by atomic mass is 16.2. The summed E-state index contributed by atoms with van der Waals surface area (Å²) in [7, 11) is 0. The van der Waals surface area contributed by atoms with E-state index >= 15 is 0 Å². The molecule has 1 saturated heterocycles. The summed E-state index contributed by atoms with van der Waals surface area (Å²) in [6.07, 6.45) is 3.19. The Morgan fingerprint density at radius 1 is 1.30 bits per heavy atom. The normalized spacial score (nSPS) is 18.6. The molecule has 2 amide bonds. The lowest BCUT2D eigenvalue weighted by molar-refractivity contribution is -0.134. The van der Waals surface area contributed by atoms with Gasteiger partial charge in [0.2, 0.25) is 11.8 Å². The minimum Gasteiger partial charge on any atom is -0.342 e. The molecule has 0 aliphatic carbocycles. The number of anilines is 1. The third-order valence-corrected chi connectivity index (χ3v) is 3.65. The summed E-state index contributed by atoms with van der Waals surface area (Å²) in [5.74, 6) is 0.0969. The second-order valence-corrected chi connectivity index (χ2v) is 5.28. The van der Waals surface area contributed by atoms with Crippen molar-refractivity contribution in [3.8, 4) is 0 Å². The quantitative estimate of drug-likeness (QED) is 0.917. The third-order valence-electron chi connectivity index (χ3n) is 3.65. The molecule has 1 atom stereocenters. The Labute approximate surface area is 120 Å². The maximum absolute atomic E-state index is 12.2. The van der Waals surface area contributed by atoms with Gasteiger partial charge in [-0.05, 0) is 31.4 Å². The summed E-state index contributed by atoms with van der Waals surface area (Å²) in [6.45, 7) is 3.34. The van der Waals surface area contributed by atoms with E-state index in [0.29, 0.717) is 13.0 Å². The van der Waals surface area contributed by atoms with Gasteiger partial charge in [-0.2, -0.15) is 0 Å². The van der Waals surface area contributed by atoms with Gasteiger partial charge in [-0.15, -0.1) is 0 Å². The fourth-order valence-electron chi connectivity index (χ4n) is 2.56. The number of nitrogens with zero attached hydrogens (tertiary/aromatic N) is 1. The fourth-order valence-corrected chi connectivity index (χ4v) is 2.56. The zero-order chi connectivity index (χ0) is 14.4. The summed E-state index contributed by atoms with van der Waals surface area (Å²) in [5, 5.41) is 2.93. The van der Waals surface area contributed by atoms with Gasteiger partial charge in [0.1, 0.15) is 0 Å². The lowest BCUT2D eigenvalue weighted by atomic mass is 9.96. The molecular weight excluding hydrogens is 252 g/mol. The number of carbonyl (C=O) groups excluding carboxylic acids is 2. The van der Waals surface area contributed by atoms with Crippen molar-refractivity contribution >= 4 is 17.5 Å². The first kappa shape index (κ1) is 14.6. The van der Waals surface area contributed by atoms with Crippen molar-refractivity contribution in [3.63, 3.8) is 0 Å². The monoisotopic (exact) mass is 274 g/mol. The van der Waals surface area contributed by atoms with Crippen LogP contribution in [-0.2, 0) is 9.59 Å². The van der Waals surface area contributed by atoms with Crippen molar-refractivity contribution in [3.05, 3.63) is 30.3 Å². The summed E-state index contributed by atoms with van der Waals surface area (Å²) < 4.78 is 0. The number of likely N-dealkylation sites (tertiary alicyclic amines) is 1. The minimum atomic E-state index is -0.0928. The third kappa shape index (κ3) is 3.83. The highest BCUT2D eigenvalue weighted by Crippen LogP contribution is 2.19. The predicted molar refractivity (Wildman–Crippen MR) is 79.3 cm³/mol. The Hall–Kier alpha value is -1.84. The zero-order valence-electron chi connectivity index (χ0n) is 12.0. The van der Waals surface area contributed by atoms with Gasteiger partial charge in [-0.1, -0.05) is 25.1 Å². The van der Waals surface area contributed by atoms with Crippen molar-refractivity contribution in [2.45, 2.75) is 32.6 Å². The molecule has 108 valence electrons. The smallest absolute Gasteiger partial charge is 0.229 e. The molecule has 1 N–H and O–H groups in total. The van der Waals surface area contributed by atoms with E-state index in [4.69, 9.17) is 0 Å². The van der Waals surface area contributed by atoms with Crippen molar-refractivity contribution in [2.24, 2.45) is 5.92 Å². The summed E-state index contributed by atoms with van der Waals surface area (Å²) in [4.78, 5) is 26.0. The molecule has 0 aromatic heterocycles. The van der Waals surface area contributed by atoms with Crippen LogP contribution in [-0.4, -0.2) is 29.8 Å². The van der Waals surface area contributed by atoms with Gasteiger partial charge < -0.3 is 10.2 Å². The lowest BCUT2D eigenvalue weighted by Crippen LogP contribution is -2.43. The molecule has 1 aliphatic rings. The molecule has 1 heterocycles. The molecule has 20 heavy (non-hydrogen) atoms. The molecule has 0 bridgehead atoms. The Kier molecular flexibility index (Phi) is 5.16. The number of piperidine rings is 1. The van der Waals surface area contributed by atoms with E-state index in [1.165, 1.54) is 0 Å². The Balaban J connectivity index is 1.91. The van der Waals surface area contributed by atoms with E-state index in [9.17, 15) is 9.59 Å². The van der Waals surface area contributed by atoms with Crippen molar-refractivity contribution < 1.29 is 9.59 Å². The van der Waals surface area contributed by atoms with Gasteiger partial charge in [0.05, 0.1) is 5.92 Å². The minimum absolute atomic E-state index is 0.0187. The van der Waals surface area contributed by atoms with Crippen molar-refractivity contribution in [2.75, 3.05) is 18.4 Å². The topological polar surface area (TPSA) is 49.4 Å². The highest BCUT2D eigenvalue weighted by Gasteiger charge is 2.27. The Bertz CT molecular complexity index is 459. The average Bonchev–Trinajstić information content (AvgIpc) is 2.48. The maximum Gasteiger partial charge on any atom is 0.229 e. The van der Waals surface area contributed by atoms with Crippen LogP contribution in [0.2, 0.25) is 0 Å². The Morgan fingerprint density at radius 3 is 2.75 bits per heavy atom. The van der Waals surface area contributed by atoms with Crippen molar-refractivity contribution in [1.82, 2.24) is 4.90 Å². The van der Waals surface area contributed by atoms with Crippen LogP contribution in [0, 0.1) is 5.92 Å². The standard InChI is InChI=1S/C16H22N2O2/c1-2-7-15(19)18-11-6-8-13(12-18)16(20)17-14-9-4-3-5-10-14/h3-5,9-10,13H,2,6-8,11-12H2,1H3,(H,17,20)/t13-/m1/s1. The van der Waals surface area contributed by atoms with Gasteiger partial charge >= 0.3 is 0 Å². The first-order valence-corrected chi connectivity index (χ1v) is 7.34.